The summed E-state index contributed by atoms with van der Waals surface area (Å²) in [5, 5.41) is 14.6. The Kier molecular flexibility index (Phi) is 8.97. The maximum absolute atomic E-state index is 12.6. The number of amides is 1. The van der Waals surface area contributed by atoms with Crippen LogP contribution in [0.2, 0.25) is 0 Å². The number of hydrogen-bond acceptors (Lipinski definition) is 9. The molecule has 1 amide bonds. The van der Waals surface area contributed by atoms with E-state index in [4.69, 9.17) is 9.97 Å². The van der Waals surface area contributed by atoms with Crippen LogP contribution in [0, 0.1) is 19.8 Å². The molecule has 0 radical (unpaired) electrons. The van der Waals surface area contributed by atoms with E-state index in [-0.39, 0.29) is 11.8 Å². The van der Waals surface area contributed by atoms with Gasteiger partial charge in [-0.1, -0.05) is 12.8 Å². The van der Waals surface area contributed by atoms with E-state index in [2.05, 4.69) is 49.5 Å². The Labute approximate surface area is 253 Å². The fourth-order valence-electron chi connectivity index (χ4n) is 6.37. The van der Waals surface area contributed by atoms with Gasteiger partial charge in [0.05, 0.1) is 0 Å². The molecule has 1 aromatic carbocycles. The van der Waals surface area contributed by atoms with E-state index in [1.807, 2.05) is 37.3 Å². The largest absolute Gasteiger partial charge is 0.354 e. The third-order valence-corrected chi connectivity index (χ3v) is 9.80. The zero-order chi connectivity index (χ0) is 29.1. The Morgan fingerprint density at radius 1 is 0.952 bits per heavy atom. The number of nitrogens with zero attached hydrogens (tertiary/aromatic N) is 6. The number of hydrogen-bond donors (Lipinski definition) is 3. The maximum Gasteiger partial charge on any atom is 0.227 e. The predicted octanol–water partition coefficient (Wildman–Crippen LogP) is 5.06. The van der Waals surface area contributed by atoms with Crippen molar-refractivity contribution >= 4 is 40.8 Å². The van der Waals surface area contributed by atoms with E-state index in [9.17, 15) is 4.79 Å². The molecule has 3 aliphatic rings. The third kappa shape index (κ3) is 6.90. The van der Waals surface area contributed by atoms with Crippen molar-refractivity contribution in [1.29, 1.82) is 0 Å². The summed E-state index contributed by atoms with van der Waals surface area (Å²) in [6, 6.07) is 10.7. The van der Waals surface area contributed by atoms with Crippen LogP contribution in [0.25, 0.3) is 0 Å². The van der Waals surface area contributed by atoms with Crippen molar-refractivity contribution in [2.45, 2.75) is 68.5 Å². The molecule has 0 spiro atoms. The van der Waals surface area contributed by atoms with Gasteiger partial charge in [0.1, 0.15) is 11.6 Å². The number of aryl methyl sites for hydroxylation is 1. The first-order chi connectivity index (χ1) is 20.4. The van der Waals surface area contributed by atoms with Gasteiger partial charge in [0.15, 0.2) is 11.0 Å². The van der Waals surface area contributed by atoms with Gasteiger partial charge in [-0.2, -0.15) is 5.10 Å². The number of nitrogens with one attached hydrogen (secondary N) is 3. The Morgan fingerprint density at radius 2 is 1.67 bits per heavy atom. The second-order valence-corrected chi connectivity index (χ2v) is 13.1. The quantitative estimate of drug-likeness (QED) is 0.311. The highest BCUT2D eigenvalue weighted by atomic mass is 32.2. The van der Waals surface area contributed by atoms with E-state index in [0.717, 1.165) is 91.2 Å². The minimum Gasteiger partial charge on any atom is -0.354 e. The normalized spacial score (nSPS) is 19.4. The van der Waals surface area contributed by atoms with E-state index >= 15 is 0 Å². The zero-order valence-electron chi connectivity index (χ0n) is 25.0. The first kappa shape index (κ1) is 28.9. The van der Waals surface area contributed by atoms with Crippen molar-refractivity contribution in [3.8, 4) is 0 Å². The highest BCUT2D eigenvalue weighted by Gasteiger charge is 2.28. The van der Waals surface area contributed by atoms with Crippen LogP contribution in [-0.4, -0.2) is 88.2 Å². The van der Waals surface area contributed by atoms with Crippen LogP contribution < -0.4 is 15.5 Å². The minimum atomic E-state index is 0.139. The van der Waals surface area contributed by atoms with Crippen molar-refractivity contribution in [1.82, 2.24) is 30.0 Å². The van der Waals surface area contributed by atoms with Gasteiger partial charge in [0, 0.05) is 66.0 Å². The lowest BCUT2D eigenvalue weighted by Crippen LogP contribution is -2.53. The molecule has 2 aromatic heterocycles. The highest BCUT2D eigenvalue weighted by Crippen LogP contribution is 2.34. The topological polar surface area (TPSA) is 105 Å². The molecule has 4 heterocycles. The number of likely N-dealkylation sites (tertiary alicyclic amines) is 1. The number of piperazine rings is 1. The van der Waals surface area contributed by atoms with Crippen molar-refractivity contribution in [3.63, 3.8) is 0 Å². The average Bonchev–Trinajstić information content (AvgIpc) is 3.69. The fraction of sp³-hybridized carbons (Fsp3) is 0.548. The second-order valence-electron chi connectivity index (χ2n) is 12.0. The molecule has 6 rings (SSSR count). The van der Waals surface area contributed by atoms with Gasteiger partial charge >= 0.3 is 0 Å². The van der Waals surface area contributed by atoms with E-state index in [1.165, 1.54) is 37.7 Å². The van der Waals surface area contributed by atoms with Gasteiger partial charge in [-0.3, -0.25) is 14.8 Å². The zero-order valence-corrected chi connectivity index (χ0v) is 25.8. The number of carbonyl (C=O) groups excluding carboxylic acids is 1. The summed E-state index contributed by atoms with van der Waals surface area (Å²) in [7, 11) is 2.22. The molecule has 0 atom stereocenters. The molecule has 10 nitrogen and oxygen atoms in total. The minimum absolute atomic E-state index is 0.139. The molecule has 0 unspecified atom stereocenters. The molecule has 3 fully saturated rings. The number of piperidine rings is 1. The Morgan fingerprint density at radius 3 is 2.33 bits per heavy atom. The first-order valence-corrected chi connectivity index (χ1v) is 16.2. The molecule has 42 heavy (non-hydrogen) atoms. The third-order valence-electron chi connectivity index (χ3n) is 8.93. The van der Waals surface area contributed by atoms with Crippen molar-refractivity contribution in [2.75, 3.05) is 61.8 Å². The molecule has 1 saturated carbocycles. The number of carbonyl (C=O) groups is 1. The lowest BCUT2D eigenvalue weighted by Gasteiger charge is -2.42. The van der Waals surface area contributed by atoms with Crippen molar-refractivity contribution in [3.05, 3.63) is 41.6 Å². The number of aromatic nitrogens is 4. The molecule has 0 bridgehead atoms. The van der Waals surface area contributed by atoms with Crippen LogP contribution in [0.15, 0.2) is 40.4 Å². The fourth-order valence-corrected chi connectivity index (χ4v) is 7.12. The summed E-state index contributed by atoms with van der Waals surface area (Å²) >= 11 is 1.54. The van der Waals surface area contributed by atoms with E-state index in [0.29, 0.717) is 11.2 Å². The molecular weight excluding hydrogens is 546 g/mol. The molecule has 2 aliphatic heterocycles. The van der Waals surface area contributed by atoms with Crippen molar-refractivity contribution in [2.24, 2.45) is 5.92 Å². The Balaban J connectivity index is 1.18. The molecule has 11 heteroatoms. The van der Waals surface area contributed by atoms with Gasteiger partial charge in [-0.25, -0.2) is 9.97 Å². The van der Waals surface area contributed by atoms with Crippen LogP contribution in [0.5, 0.6) is 0 Å². The van der Waals surface area contributed by atoms with Crippen LogP contribution in [0.1, 0.15) is 49.8 Å². The maximum atomic E-state index is 12.6. The van der Waals surface area contributed by atoms with Gasteiger partial charge in [0.2, 0.25) is 5.91 Å². The lowest BCUT2D eigenvalue weighted by molar-refractivity contribution is -0.119. The Bertz CT molecular complexity index is 1360. The average molecular weight is 590 g/mol. The van der Waals surface area contributed by atoms with E-state index < -0.39 is 0 Å². The first-order valence-electron chi connectivity index (χ1n) is 15.4. The molecule has 2 saturated heterocycles. The van der Waals surface area contributed by atoms with Crippen LogP contribution in [0.4, 0.5) is 23.1 Å². The number of aromatic amines is 1. The summed E-state index contributed by atoms with van der Waals surface area (Å²) in [6.07, 6.45) is 6.80. The lowest BCUT2D eigenvalue weighted by atomic mass is 10.0. The SMILES string of the molecule is Cc1cc(Nc2nc(Sc3ccc(NC(=O)C4CCCC4)cc3)nc(N3CCN(C4CCN(C)CC4)CC3)c2C)n[nH]1. The standard InChI is InChI=1S/C31H43N9OS/c1-21-20-27(37-36-21)33-28-22(2)29(40-18-16-39(17-19-40)25-12-14-38(3)15-13-25)35-31(34-28)42-26-10-8-24(9-11-26)32-30(41)23-6-4-5-7-23/h8-11,20,23,25H,4-7,12-19H2,1-3H3,(H,32,41)(H2,33,34,35,36,37). The number of anilines is 4. The van der Waals surface area contributed by atoms with Crippen molar-refractivity contribution < 1.29 is 4.79 Å². The van der Waals surface area contributed by atoms with Crippen LogP contribution in [0.3, 0.4) is 0 Å². The van der Waals surface area contributed by atoms with Gasteiger partial charge in [-0.15, -0.1) is 0 Å². The van der Waals surface area contributed by atoms with Crippen LogP contribution in [-0.2, 0) is 4.79 Å². The summed E-state index contributed by atoms with van der Waals surface area (Å²) < 4.78 is 0. The smallest absolute Gasteiger partial charge is 0.227 e. The molecule has 3 N–H and O–H groups in total. The van der Waals surface area contributed by atoms with Crippen LogP contribution >= 0.6 is 11.8 Å². The number of benzene rings is 1. The molecular formula is C31H43N9OS. The summed E-state index contributed by atoms with van der Waals surface area (Å²) in [5.74, 6) is 2.78. The number of H-pyrrole nitrogens is 1. The molecule has 3 aromatic rings. The summed E-state index contributed by atoms with van der Waals surface area (Å²) in [4.78, 5) is 31.1. The van der Waals surface area contributed by atoms with Gasteiger partial charge in [0.25, 0.3) is 0 Å². The molecule has 1 aliphatic carbocycles. The predicted molar refractivity (Wildman–Crippen MR) is 169 cm³/mol. The number of rotatable bonds is 8. The summed E-state index contributed by atoms with van der Waals surface area (Å²) in [6.45, 7) is 10.5. The molecule has 224 valence electrons. The van der Waals surface area contributed by atoms with E-state index in [1.54, 1.807) is 0 Å². The highest BCUT2D eigenvalue weighted by molar-refractivity contribution is 7.99. The van der Waals surface area contributed by atoms with Gasteiger partial charge in [-0.05, 0) is 95.7 Å². The summed E-state index contributed by atoms with van der Waals surface area (Å²) in [5.41, 5.74) is 2.85. The van der Waals surface area contributed by atoms with Gasteiger partial charge < -0.3 is 20.4 Å². The second kappa shape index (κ2) is 13.0. The Hall–Kier alpha value is -3.15. The monoisotopic (exact) mass is 589 g/mol.